The lowest BCUT2D eigenvalue weighted by molar-refractivity contribution is 0.0929. The van der Waals surface area contributed by atoms with Gasteiger partial charge >= 0.3 is 0 Å². The topological polar surface area (TPSA) is 34.4 Å². The van der Waals surface area contributed by atoms with Crippen LogP contribution in [0.25, 0.3) is 0 Å². The number of rotatable bonds is 6. The Bertz CT molecular complexity index is 479. The Morgan fingerprint density at radius 1 is 1.17 bits per heavy atom. The van der Waals surface area contributed by atoms with E-state index >= 15 is 0 Å². The maximum atomic E-state index is 5.81. The first-order valence-corrected chi connectivity index (χ1v) is 6.19. The molecule has 0 saturated heterocycles. The van der Waals surface area contributed by atoms with E-state index in [4.69, 9.17) is 20.8 Å². The SMILES string of the molecule is CNCc1coc(COCc2ccc(Cl)cc2)c1. The van der Waals surface area contributed by atoms with E-state index in [-0.39, 0.29) is 0 Å². The van der Waals surface area contributed by atoms with E-state index in [1.54, 1.807) is 6.26 Å². The first-order chi connectivity index (χ1) is 8.78. The van der Waals surface area contributed by atoms with Crippen LogP contribution in [-0.2, 0) is 24.5 Å². The van der Waals surface area contributed by atoms with Crippen molar-refractivity contribution in [1.29, 1.82) is 0 Å². The summed E-state index contributed by atoms with van der Waals surface area (Å²) in [5.41, 5.74) is 2.23. The molecule has 0 aliphatic rings. The molecule has 1 heterocycles. The van der Waals surface area contributed by atoms with Gasteiger partial charge in [0.25, 0.3) is 0 Å². The van der Waals surface area contributed by atoms with Gasteiger partial charge in [-0.15, -0.1) is 0 Å². The van der Waals surface area contributed by atoms with Gasteiger partial charge in [-0.3, -0.25) is 0 Å². The molecule has 0 amide bonds. The predicted octanol–water partition coefficient (Wildman–Crippen LogP) is 3.37. The van der Waals surface area contributed by atoms with Crippen LogP contribution in [0.5, 0.6) is 0 Å². The molecule has 18 heavy (non-hydrogen) atoms. The third-order valence-electron chi connectivity index (χ3n) is 2.52. The van der Waals surface area contributed by atoms with Crippen LogP contribution in [0.1, 0.15) is 16.9 Å². The van der Waals surface area contributed by atoms with Crippen LogP contribution in [0.2, 0.25) is 5.02 Å². The van der Waals surface area contributed by atoms with Crippen molar-refractivity contribution in [2.75, 3.05) is 7.05 Å². The van der Waals surface area contributed by atoms with E-state index in [0.29, 0.717) is 13.2 Å². The van der Waals surface area contributed by atoms with E-state index in [2.05, 4.69) is 5.32 Å². The molecule has 0 aliphatic carbocycles. The van der Waals surface area contributed by atoms with E-state index < -0.39 is 0 Å². The van der Waals surface area contributed by atoms with Gasteiger partial charge in [-0.05, 0) is 30.8 Å². The number of nitrogens with one attached hydrogen (secondary N) is 1. The highest BCUT2D eigenvalue weighted by Crippen LogP contribution is 2.12. The molecule has 0 bridgehead atoms. The summed E-state index contributed by atoms with van der Waals surface area (Å²) in [6.45, 7) is 1.84. The molecule has 2 aromatic rings. The van der Waals surface area contributed by atoms with Gasteiger partial charge in [0.05, 0.1) is 12.9 Å². The zero-order chi connectivity index (χ0) is 12.8. The third-order valence-corrected chi connectivity index (χ3v) is 2.77. The molecule has 1 N–H and O–H groups in total. The third kappa shape index (κ3) is 3.88. The minimum absolute atomic E-state index is 0.479. The lowest BCUT2D eigenvalue weighted by Gasteiger charge is -2.02. The summed E-state index contributed by atoms with van der Waals surface area (Å²) in [5.74, 6) is 0.842. The van der Waals surface area contributed by atoms with E-state index in [1.807, 2.05) is 37.4 Å². The molecule has 2 rings (SSSR count). The van der Waals surface area contributed by atoms with Crippen molar-refractivity contribution in [1.82, 2.24) is 5.32 Å². The van der Waals surface area contributed by atoms with Gasteiger partial charge in [-0.2, -0.15) is 0 Å². The molecule has 0 saturated carbocycles. The molecule has 3 nitrogen and oxygen atoms in total. The maximum Gasteiger partial charge on any atom is 0.129 e. The fourth-order valence-corrected chi connectivity index (χ4v) is 1.77. The monoisotopic (exact) mass is 265 g/mol. The van der Waals surface area contributed by atoms with Crippen LogP contribution in [0.4, 0.5) is 0 Å². The van der Waals surface area contributed by atoms with Crippen molar-refractivity contribution >= 4 is 11.6 Å². The average Bonchev–Trinajstić information content (AvgIpc) is 2.80. The van der Waals surface area contributed by atoms with Crippen molar-refractivity contribution in [3.05, 3.63) is 58.5 Å². The van der Waals surface area contributed by atoms with E-state index in [1.165, 1.54) is 0 Å². The normalized spacial score (nSPS) is 10.8. The van der Waals surface area contributed by atoms with Gasteiger partial charge in [0.2, 0.25) is 0 Å². The molecule has 0 fully saturated rings. The Balaban J connectivity index is 1.79. The van der Waals surface area contributed by atoms with Gasteiger partial charge in [-0.1, -0.05) is 23.7 Å². The second-order valence-corrected chi connectivity index (χ2v) is 4.51. The van der Waals surface area contributed by atoms with Gasteiger partial charge in [0.15, 0.2) is 0 Å². The molecule has 1 aromatic carbocycles. The lowest BCUT2D eigenvalue weighted by Crippen LogP contribution is -2.03. The van der Waals surface area contributed by atoms with Crippen LogP contribution in [0.3, 0.4) is 0 Å². The van der Waals surface area contributed by atoms with Crippen molar-refractivity contribution in [3.63, 3.8) is 0 Å². The van der Waals surface area contributed by atoms with Gasteiger partial charge < -0.3 is 14.5 Å². The second kappa shape index (κ2) is 6.59. The van der Waals surface area contributed by atoms with E-state index in [0.717, 1.165) is 28.5 Å². The highest BCUT2D eigenvalue weighted by Gasteiger charge is 2.01. The smallest absolute Gasteiger partial charge is 0.129 e. The van der Waals surface area contributed by atoms with Crippen molar-refractivity contribution < 1.29 is 9.15 Å². The molecule has 0 atom stereocenters. The number of hydrogen-bond acceptors (Lipinski definition) is 3. The molecule has 0 radical (unpaired) electrons. The van der Waals surface area contributed by atoms with Crippen LogP contribution >= 0.6 is 11.6 Å². The predicted molar refractivity (Wildman–Crippen MR) is 71.4 cm³/mol. The largest absolute Gasteiger partial charge is 0.467 e. The fraction of sp³-hybridized carbons (Fsp3) is 0.286. The van der Waals surface area contributed by atoms with Gasteiger partial charge in [0, 0.05) is 17.1 Å². The summed E-state index contributed by atoms with van der Waals surface area (Å²) in [7, 11) is 1.91. The minimum Gasteiger partial charge on any atom is -0.467 e. The molecule has 96 valence electrons. The number of benzene rings is 1. The van der Waals surface area contributed by atoms with Crippen LogP contribution < -0.4 is 5.32 Å². The number of halogens is 1. The quantitative estimate of drug-likeness (QED) is 0.870. The summed E-state index contributed by atoms with van der Waals surface area (Å²) in [6.07, 6.45) is 1.75. The zero-order valence-electron chi connectivity index (χ0n) is 10.3. The summed E-state index contributed by atoms with van der Waals surface area (Å²) >= 11 is 5.81. The van der Waals surface area contributed by atoms with Crippen LogP contribution in [0, 0.1) is 0 Å². The molecular weight excluding hydrogens is 250 g/mol. The summed E-state index contributed by atoms with van der Waals surface area (Å²) in [6, 6.07) is 9.63. The van der Waals surface area contributed by atoms with Crippen molar-refractivity contribution in [2.24, 2.45) is 0 Å². The van der Waals surface area contributed by atoms with Crippen molar-refractivity contribution in [2.45, 2.75) is 19.8 Å². The Kier molecular flexibility index (Phi) is 4.81. The second-order valence-electron chi connectivity index (χ2n) is 4.07. The number of hydrogen-bond donors (Lipinski definition) is 1. The Morgan fingerprint density at radius 3 is 2.67 bits per heavy atom. The number of furan rings is 1. The minimum atomic E-state index is 0.479. The summed E-state index contributed by atoms with van der Waals surface area (Å²) < 4.78 is 11.0. The molecule has 0 aliphatic heterocycles. The average molecular weight is 266 g/mol. The van der Waals surface area contributed by atoms with Gasteiger partial charge in [-0.25, -0.2) is 0 Å². The van der Waals surface area contributed by atoms with Crippen LogP contribution in [-0.4, -0.2) is 7.05 Å². The van der Waals surface area contributed by atoms with Crippen LogP contribution in [0.15, 0.2) is 41.0 Å². The summed E-state index contributed by atoms with van der Waals surface area (Å²) in [5, 5.41) is 3.81. The standard InChI is InChI=1S/C14H16ClNO2/c1-16-7-12-6-14(18-9-12)10-17-8-11-2-4-13(15)5-3-11/h2-6,9,16H,7-8,10H2,1H3. The molecule has 0 spiro atoms. The molecule has 1 aromatic heterocycles. The van der Waals surface area contributed by atoms with E-state index in [9.17, 15) is 0 Å². The number of ether oxygens (including phenoxy) is 1. The molecular formula is C14H16ClNO2. The molecule has 4 heteroatoms. The highest BCUT2D eigenvalue weighted by molar-refractivity contribution is 6.30. The zero-order valence-corrected chi connectivity index (χ0v) is 11.0. The van der Waals surface area contributed by atoms with Crippen molar-refractivity contribution in [3.8, 4) is 0 Å². The Labute approximate surface area is 112 Å². The Hall–Kier alpha value is -1.29. The highest BCUT2D eigenvalue weighted by atomic mass is 35.5. The first-order valence-electron chi connectivity index (χ1n) is 5.81. The fourth-order valence-electron chi connectivity index (χ4n) is 1.65. The van der Waals surface area contributed by atoms with Gasteiger partial charge in [0.1, 0.15) is 12.4 Å². The first kappa shape index (κ1) is 13.1. The summed E-state index contributed by atoms with van der Waals surface area (Å²) in [4.78, 5) is 0. The maximum absolute atomic E-state index is 5.81. The molecule has 0 unspecified atom stereocenters. The lowest BCUT2D eigenvalue weighted by atomic mass is 10.2. The Morgan fingerprint density at radius 2 is 1.94 bits per heavy atom.